The lowest BCUT2D eigenvalue weighted by Gasteiger charge is -2.27. The Bertz CT molecular complexity index is 475. The largest absolute Gasteiger partial charge is 0.409 e. The van der Waals surface area contributed by atoms with E-state index in [1.165, 1.54) is 4.90 Å². The average Bonchev–Trinajstić information content (AvgIpc) is 2.35. The van der Waals surface area contributed by atoms with Crippen LogP contribution in [-0.4, -0.2) is 24.0 Å². The van der Waals surface area contributed by atoms with Gasteiger partial charge in [0.1, 0.15) is 0 Å². The van der Waals surface area contributed by atoms with Crippen molar-refractivity contribution in [3.8, 4) is 0 Å². The number of carbonyl (C=O) groups is 1. The molecule has 0 aliphatic carbocycles. The Kier molecular flexibility index (Phi) is 3.96. The monoisotopic (exact) mass is 249 g/mol. The fraction of sp³-hybridized carbons (Fsp3) is 0.385. The Labute approximate surface area is 107 Å². The number of anilines is 1. The van der Waals surface area contributed by atoms with Gasteiger partial charge in [-0.15, -0.1) is 0 Å². The van der Waals surface area contributed by atoms with Crippen molar-refractivity contribution < 1.29 is 10.0 Å². The molecule has 98 valence electrons. The first-order valence-electron chi connectivity index (χ1n) is 5.64. The normalized spacial score (nSPS) is 12.3. The van der Waals surface area contributed by atoms with Gasteiger partial charge in [0.2, 0.25) is 5.91 Å². The summed E-state index contributed by atoms with van der Waals surface area (Å²) in [7, 11) is 1.68. The van der Waals surface area contributed by atoms with Crippen LogP contribution in [0.3, 0.4) is 0 Å². The van der Waals surface area contributed by atoms with Crippen LogP contribution in [0, 0.1) is 5.41 Å². The molecule has 3 N–H and O–H groups in total. The second-order valence-corrected chi connectivity index (χ2v) is 5.12. The van der Waals surface area contributed by atoms with E-state index in [-0.39, 0.29) is 11.7 Å². The van der Waals surface area contributed by atoms with Crippen LogP contribution in [0.4, 0.5) is 5.69 Å². The van der Waals surface area contributed by atoms with E-state index in [9.17, 15) is 4.79 Å². The van der Waals surface area contributed by atoms with Crippen molar-refractivity contribution in [2.45, 2.75) is 20.8 Å². The number of amidine groups is 1. The van der Waals surface area contributed by atoms with Gasteiger partial charge >= 0.3 is 0 Å². The molecule has 0 heterocycles. The first kappa shape index (κ1) is 14.0. The molecule has 0 atom stereocenters. The van der Waals surface area contributed by atoms with Crippen molar-refractivity contribution in [2.24, 2.45) is 16.3 Å². The van der Waals surface area contributed by atoms with E-state index in [2.05, 4.69) is 5.16 Å². The van der Waals surface area contributed by atoms with E-state index < -0.39 is 5.41 Å². The van der Waals surface area contributed by atoms with Gasteiger partial charge in [0.05, 0.1) is 5.69 Å². The van der Waals surface area contributed by atoms with Crippen LogP contribution in [0.5, 0.6) is 0 Å². The van der Waals surface area contributed by atoms with E-state index in [4.69, 9.17) is 10.9 Å². The van der Waals surface area contributed by atoms with Gasteiger partial charge in [0, 0.05) is 18.0 Å². The number of nitrogens with zero attached hydrogens (tertiary/aromatic N) is 2. The number of oxime groups is 1. The van der Waals surface area contributed by atoms with Gasteiger partial charge in [0.25, 0.3) is 0 Å². The molecule has 0 aliphatic heterocycles. The van der Waals surface area contributed by atoms with Gasteiger partial charge < -0.3 is 15.8 Å². The minimum atomic E-state index is -0.493. The zero-order valence-corrected chi connectivity index (χ0v) is 11.1. The second-order valence-electron chi connectivity index (χ2n) is 5.12. The smallest absolute Gasteiger partial charge is 0.232 e. The molecule has 18 heavy (non-hydrogen) atoms. The Morgan fingerprint density at radius 2 is 1.89 bits per heavy atom. The minimum absolute atomic E-state index is 0.0147. The number of nitrogens with two attached hydrogens (primary N) is 1. The molecule has 0 spiro atoms. The number of benzene rings is 1. The molecule has 1 aromatic rings. The first-order valence-corrected chi connectivity index (χ1v) is 5.64. The lowest BCUT2D eigenvalue weighted by Crippen LogP contribution is -2.37. The van der Waals surface area contributed by atoms with Crippen molar-refractivity contribution in [1.29, 1.82) is 0 Å². The number of para-hydroxylation sites is 1. The Balaban J connectivity index is 3.22. The summed E-state index contributed by atoms with van der Waals surface area (Å²) >= 11 is 0. The molecule has 0 saturated heterocycles. The lowest BCUT2D eigenvalue weighted by molar-refractivity contribution is -0.125. The molecule has 1 rings (SSSR count). The van der Waals surface area contributed by atoms with Crippen LogP contribution >= 0.6 is 0 Å². The third-order valence-electron chi connectivity index (χ3n) is 2.60. The van der Waals surface area contributed by atoms with E-state index in [0.29, 0.717) is 11.3 Å². The number of rotatable bonds is 2. The van der Waals surface area contributed by atoms with Crippen molar-refractivity contribution in [3.63, 3.8) is 0 Å². The van der Waals surface area contributed by atoms with Crippen LogP contribution in [0.2, 0.25) is 0 Å². The Morgan fingerprint density at radius 1 is 1.33 bits per heavy atom. The summed E-state index contributed by atoms with van der Waals surface area (Å²) in [4.78, 5) is 13.7. The Morgan fingerprint density at radius 3 is 2.39 bits per heavy atom. The second kappa shape index (κ2) is 5.08. The number of hydrogen-bond donors (Lipinski definition) is 2. The molecule has 0 aromatic heterocycles. The number of carbonyl (C=O) groups excluding carboxylic acids is 1. The number of amides is 1. The fourth-order valence-electron chi connectivity index (χ4n) is 1.65. The topological polar surface area (TPSA) is 78.9 Å². The van der Waals surface area contributed by atoms with E-state index >= 15 is 0 Å². The minimum Gasteiger partial charge on any atom is -0.409 e. The molecule has 0 bridgehead atoms. The summed E-state index contributed by atoms with van der Waals surface area (Å²) in [5.74, 6) is -0.0557. The number of hydrogen-bond acceptors (Lipinski definition) is 3. The van der Waals surface area contributed by atoms with Crippen LogP contribution in [0.25, 0.3) is 0 Å². The average molecular weight is 249 g/mol. The molecule has 1 amide bonds. The van der Waals surface area contributed by atoms with Crippen LogP contribution in [-0.2, 0) is 4.79 Å². The van der Waals surface area contributed by atoms with Crippen molar-refractivity contribution in [1.82, 2.24) is 0 Å². The summed E-state index contributed by atoms with van der Waals surface area (Å²) in [6.45, 7) is 5.54. The van der Waals surface area contributed by atoms with Crippen molar-refractivity contribution in [2.75, 3.05) is 11.9 Å². The van der Waals surface area contributed by atoms with Crippen LogP contribution in [0.15, 0.2) is 29.4 Å². The zero-order chi connectivity index (χ0) is 13.9. The maximum atomic E-state index is 12.2. The zero-order valence-electron chi connectivity index (χ0n) is 11.1. The highest BCUT2D eigenvalue weighted by Crippen LogP contribution is 2.24. The molecule has 1 aromatic carbocycles. The molecule has 0 fully saturated rings. The standard InChI is InChI=1S/C13H19N3O2/c1-13(2,3)12(17)16(4)10-8-6-5-7-9(10)11(14)15-18/h5-8,18H,1-4H3,(H2,14,15). The predicted octanol–water partition coefficient (Wildman–Crippen LogP) is 1.79. The van der Waals surface area contributed by atoms with Crippen LogP contribution in [0.1, 0.15) is 26.3 Å². The first-order chi connectivity index (χ1) is 8.29. The van der Waals surface area contributed by atoms with Gasteiger partial charge in [0.15, 0.2) is 5.84 Å². The van der Waals surface area contributed by atoms with Crippen molar-refractivity contribution in [3.05, 3.63) is 29.8 Å². The lowest BCUT2D eigenvalue weighted by atomic mass is 9.94. The summed E-state index contributed by atoms with van der Waals surface area (Å²) in [5.41, 5.74) is 6.26. The van der Waals surface area contributed by atoms with E-state index in [1.807, 2.05) is 20.8 Å². The molecule has 5 heteroatoms. The maximum absolute atomic E-state index is 12.2. The summed E-state index contributed by atoms with van der Waals surface area (Å²) in [5, 5.41) is 11.7. The van der Waals surface area contributed by atoms with E-state index in [0.717, 1.165) is 0 Å². The highest BCUT2D eigenvalue weighted by Gasteiger charge is 2.27. The third-order valence-corrected chi connectivity index (χ3v) is 2.60. The van der Waals surface area contributed by atoms with Gasteiger partial charge in [-0.05, 0) is 12.1 Å². The molecule has 0 unspecified atom stereocenters. The van der Waals surface area contributed by atoms with Gasteiger partial charge in [-0.1, -0.05) is 38.1 Å². The molecular formula is C13H19N3O2. The molecular weight excluding hydrogens is 230 g/mol. The SMILES string of the molecule is CN(C(=O)C(C)(C)C)c1ccccc1C(N)=NO. The predicted molar refractivity (Wildman–Crippen MR) is 71.8 cm³/mol. The summed E-state index contributed by atoms with van der Waals surface area (Å²) < 4.78 is 0. The molecule has 0 saturated carbocycles. The highest BCUT2D eigenvalue weighted by atomic mass is 16.4. The Hall–Kier alpha value is -2.04. The molecule has 0 radical (unpaired) electrons. The van der Waals surface area contributed by atoms with Gasteiger partial charge in [-0.25, -0.2) is 0 Å². The van der Waals surface area contributed by atoms with E-state index in [1.54, 1.807) is 31.3 Å². The van der Waals surface area contributed by atoms with Gasteiger partial charge in [-0.3, -0.25) is 4.79 Å². The molecule has 0 aliphatic rings. The maximum Gasteiger partial charge on any atom is 0.232 e. The van der Waals surface area contributed by atoms with Gasteiger partial charge in [-0.2, -0.15) is 0 Å². The molecule has 5 nitrogen and oxygen atoms in total. The summed E-state index contributed by atoms with van der Waals surface area (Å²) in [6, 6.07) is 7.04. The van der Waals surface area contributed by atoms with Crippen LogP contribution < -0.4 is 10.6 Å². The summed E-state index contributed by atoms with van der Waals surface area (Å²) in [6.07, 6.45) is 0. The highest BCUT2D eigenvalue weighted by molar-refractivity contribution is 6.07. The van der Waals surface area contributed by atoms with Crippen molar-refractivity contribution >= 4 is 17.4 Å². The quantitative estimate of drug-likeness (QED) is 0.363. The third kappa shape index (κ3) is 2.80. The fourth-order valence-corrected chi connectivity index (χ4v) is 1.65.